The van der Waals surface area contributed by atoms with Crippen LogP contribution in [0.2, 0.25) is 0 Å². The third kappa shape index (κ3) is 4.28. The van der Waals surface area contributed by atoms with Crippen LogP contribution in [0.4, 0.5) is 0 Å². The van der Waals surface area contributed by atoms with E-state index in [0.717, 1.165) is 18.1 Å². The minimum absolute atomic E-state index is 0.479. The Labute approximate surface area is 93.8 Å². The van der Waals surface area contributed by atoms with Crippen molar-refractivity contribution in [3.63, 3.8) is 0 Å². The Balaban J connectivity index is 0.000000160. The molecule has 0 amide bonds. The van der Waals surface area contributed by atoms with Crippen LogP contribution in [0.25, 0.3) is 0 Å². The third-order valence-corrected chi connectivity index (χ3v) is 1.74. The minimum atomic E-state index is 0.479. The van der Waals surface area contributed by atoms with Gasteiger partial charge in [-0.05, 0) is 12.1 Å². The molecule has 0 saturated carbocycles. The Morgan fingerprint density at radius 2 is 1.50 bits per heavy atom. The molecule has 0 spiro atoms. The van der Waals surface area contributed by atoms with E-state index in [-0.39, 0.29) is 0 Å². The van der Waals surface area contributed by atoms with E-state index < -0.39 is 0 Å². The summed E-state index contributed by atoms with van der Waals surface area (Å²) in [4.78, 5) is 23.7. The van der Waals surface area contributed by atoms with Gasteiger partial charge in [0.05, 0.1) is 0 Å². The highest BCUT2D eigenvalue weighted by Crippen LogP contribution is 1.91. The van der Waals surface area contributed by atoms with Crippen LogP contribution in [0.1, 0.15) is 20.8 Å². The standard InChI is InChI=1S/C7H6O.C6H5NO/c8-6-7-4-2-1-3-5-7;8-5-6-3-1-2-4-7-6/h1-6H;1-5H. The first-order valence-corrected chi connectivity index (χ1v) is 4.73. The second-order valence-electron chi connectivity index (χ2n) is 2.90. The van der Waals surface area contributed by atoms with Crippen molar-refractivity contribution >= 4 is 12.6 Å². The highest BCUT2D eigenvalue weighted by molar-refractivity contribution is 5.74. The average Bonchev–Trinajstić information content (AvgIpc) is 2.41. The van der Waals surface area contributed by atoms with Crippen molar-refractivity contribution in [2.24, 2.45) is 0 Å². The van der Waals surface area contributed by atoms with Crippen molar-refractivity contribution in [2.75, 3.05) is 0 Å². The zero-order valence-electron chi connectivity index (χ0n) is 8.61. The molecule has 0 bridgehead atoms. The average molecular weight is 213 g/mol. The highest BCUT2D eigenvalue weighted by Gasteiger charge is 1.82. The summed E-state index contributed by atoms with van der Waals surface area (Å²) >= 11 is 0. The molecule has 0 aliphatic heterocycles. The van der Waals surface area contributed by atoms with Gasteiger partial charge in [-0.15, -0.1) is 0 Å². The molecule has 3 heteroatoms. The van der Waals surface area contributed by atoms with Crippen LogP contribution in [0.5, 0.6) is 0 Å². The van der Waals surface area contributed by atoms with E-state index in [1.165, 1.54) is 0 Å². The summed E-state index contributed by atoms with van der Waals surface area (Å²) in [6.07, 6.45) is 3.14. The van der Waals surface area contributed by atoms with Gasteiger partial charge in [0.25, 0.3) is 0 Å². The van der Waals surface area contributed by atoms with E-state index in [9.17, 15) is 9.59 Å². The molecule has 16 heavy (non-hydrogen) atoms. The van der Waals surface area contributed by atoms with Crippen molar-refractivity contribution in [1.29, 1.82) is 0 Å². The molecule has 1 aromatic heterocycles. The van der Waals surface area contributed by atoms with Gasteiger partial charge in [-0.1, -0.05) is 36.4 Å². The van der Waals surface area contributed by atoms with Crippen LogP contribution < -0.4 is 0 Å². The van der Waals surface area contributed by atoms with Crippen molar-refractivity contribution in [3.8, 4) is 0 Å². The number of nitrogens with zero attached hydrogens (tertiary/aromatic N) is 1. The molecule has 0 N–H and O–H groups in total. The fourth-order valence-electron chi connectivity index (χ4n) is 0.977. The van der Waals surface area contributed by atoms with Crippen molar-refractivity contribution < 1.29 is 9.59 Å². The van der Waals surface area contributed by atoms with Crippen molar-refractivity contribution in [1.82, 2.24) is 4.98 Å². The smallest absolute Gasteiger partial charge is 0.168 e. The molecular formula is C13H11NO2. The number of aromatic nitrogens is 1. The Morgan fingerprint density at radius 3 is 1.88 bits per heavy atom. The molecule has 2 aromatic rings. The normalized spacial score (nSPS) is 8.50. The topological polar surface area (TPSA) is 47.0 Å². The van der Waals surface area contributed by atoms with Gasteiger partial charge in [-0.25, -0.2) is 0 Å². The predicted molar refractivity (Wildman–Crippen MR) is 61.5 cm³/mol. The monoisotopic (exact) mass is 213 g/mol. The highest BCUT2D eigenvalue weighted by atomic mass is 16.1. The maximum atomic E-state index is 10.0. The van der Waals surface area contributed by atoms with Crippen LogP contribution in [0.3, 0.4) is 0 Å². The molecule has 0 aliphatic carbocycles. The van der Waals surface area contributed by atoms with Gasteiger partial charge in [0.2, 0.25) is 0 Å². The van der Waals surface area contributed by atoms with Gasteiger partial charge >= 0.3 is 0 Å². The van der Waals surface area contributed by atoms with Crippen LogP contribution in [-0.2, 0) is 0 Å². The Hall–Kier alpha value is -2.29. The van der Waals surface area contributed by atoms with Crippen molar-refractivity contribution in [3.05, 3.63) is 66.0 Å². The predicted octanol–water partition coefficient (Wildman–Crippen LogP) is 2.39. The third-order valence-electron chi connectivity index (χ3n) is 1.74. The molecule has 0 aliphatic rings. The number of carbonyl (C=O) groups excluding carboxylic acids is 2. The number of rotatable bonds is 2. The summed E-state index contributed by atoms with van der Waals surface area (Å²) in [6.45, 7) is 0. The van der Waals surface area contributed by atoms with E-state index in [4.69, 9.17) is 0 Å². The number of carbonyl (C=O) groups is 2. The summed E-state index contributed by atoms with van der Waals surface area (Å²) in [7, 11) is 0. The lowest BCUT2D eigenvalue weighted by Crippen LogP contribution is -1.80. The van der Waals surface area contributed by atoms with Crippen molar-refractivity contribution in [2.45, 2.75) is 0 Å². The van der Waals surface area contributed by atoms with E-state index >= 15 is 0 Å². The molecule has 1 heterocycles. The van der Waals surface area contributed by atoms with E-state index in [2.05, 4.69) is 4.98 Å². The molecule has 0 atom stereocenters. The van der Waals surface area contributed by atoms with E-state index in [1.54, 1.807) is 36.5 Å². The van der Waals surface area contributed by atoms with Crippen LogP contribution in [0.15, 0.2) is 54.7 Å². The number of hydrogen-bond donors (Lipinski definition) is 0. The van der Waals surface area contributed by atoms with Gasteiger partial charge in [-0.3, -0.25) is 14.6 Å². The number of aldehydes is 2. The van der Waals surface area contributed by atoms with Crippen LogP contribution in [-0.4, -0.2) is 17.6 Å². The molecule has 2 rings (SSSR count). The SMILES string of the molecule is O=Cc1ccccc1.O=Cc1ccccn1. The molecule has 0 fully saturated rings. The van der Waals surface area contributed by atoms with Gasteiger partial charge in [0.15, 0.2) is 6.29 Å². The summed E-state index contributed by atoms with van der Waals surface area (Å²) < 4.78 is 0. The summed E-state index contributed by atoms with van der Waals surface area (Å²) in [5.41, 5.74) is 1.21. The second-order valence-corrected chi connectivity index (χ2v) is 2.90. The molecule has 0 radical (unpaired) electrons. The Morgan fingerprint density at radius 1 is 0.812 bits per heavy atom. The zero-order chi connectivity index (χ0) is 11.6. The second kappa shape index (κ2) is 7.06. The zero-order valence-corrected chi connectivity index (χ0v) is 8.61. The first-order chi connectivity index (χ1) is 7.86. The largest absolute Gasteiger partial charge is 0.298 e. The Bertz CT molecular complexity index is 383. The molecule has 3 nitrogen and oxygen atoms in total. The van der Waals surface area contributed by atoms with E-state index in [0.29, 0.717) is 5.69 Å². The number of hydrogen-bond acceptors (Lipinski definition) is 3. The number of benzene rings is 1. The molecule has 0 unspecified atom stereocenters. The molecular weight excluding hydrogens is 202 g/mol. The van der Waals surface area contributed by atoms with Gasteiger partial charge < -0.3 is 0 Å². The Kier molecular flexibility index (Phi) is 5.20. The van der Waals surface area contributed by atoms with E-state index in [1.807, 2.05) is 18.2 Å². The van der Waals surface area contributed by atoms with Crippen LogP contribution in [0, 0.1) is 0 Å². The lowest BCUT2D eigenvalue weighted by atomic mass is 10.2. The molecule has 80 valence electrons. The minimum Gasteiger partial charge on any atom is -0.298 e. The first kappa shape index (κ1) is 11.8. The van der Waals surface area contributed by atoms with Gasteiger partial charge in [0, 0.05) is 11.8 Å². The first-order valence-electron chi connectivity index (χ1n) is 4.73. The van der Waals surface area contributed by atoms with Gasteiger partial charge in [0.1, 0.15) is 12.0 Å². The number of pyridine rings is 1. The summed E-state index contributed by atoms with van der Waals surface area (Å²) in [6, 6.07) is 14.3. The maximum Gasteiger partial charge on any atom is 0.168 e. The molecule has 1 aromatic carbocycles. The lowest BCUT2D eigenvalue weighted by molar-refractivity contribution is 0.111. The van der Waals surface area contributed by atoms with Gasteiger partial charge in [-0.2, -0.15) is 0 Å². The maximum absolute atomic E-state index is 10.0. The fraction of sp³-hybridized carbons (Fsp3) is 0. The van der Waals surface area contributed by atoms with Crippen LogP contribution >= 0.6 is 0 Å². The molecule has 0 saturated heterocycles. The summed E-state index contributed by atoms with van der Waals surface area (Å²) in [5, 5.41) is 0. The summed E-state index contributed by atoms with van der Waals surface area (Å²) in [5.74, 6) is 0. The fourth-order valence-corrected chi connectivity index (χ4v) is 0.977. The lowest BCUT2D eigenvalue weighted by Gasteiger charge is -1.81. The quantitative estimate of drug-likeness (QED) is 0.719.